The average molecular weight is 320 g/mol. The predicted molar refractivity (Wildman–Crippen MR) is 93.5 cm³/mol. The van der Waals surface area contributed by atoms with Gasteiger partial charge in [0.25, 0.3) is 5.91 Å². The van der Waals surface area contributed by atoms with Gasteiger partial charge in [-0.3, -0.25) is 4.79 Å². The Morgan fingerprint density at radius 1 is 1.30 bits per heavy atom. The summed E-state index contributed by atoms with van der Waals surface area (Å²) in [6, 6.07) is 7.60. The molecule has 0 aliphatic rings. The molecule has 1 unspecified atom stereocenters. The zero-order valence-corrected chi connectivity index (χ0v) is 14.5. The number of nitrogens with zero attached hydrogens (tertiary/aromatic N) is 2. The molecule has 0 saturated carbocycles. The third kappa shape index (κ3) is 6.28. The first-order valence-electron chi connectivity index (χ1n) is 7.95. The largest absolute Gasteiger partial charge is 0.383 e. The molecule has 0 bridgehead atoms. The summed E-state index contributed by atoms with van der Waals surface area (Å²) in [6.45, 7) is 8.39. The summed E-state index contributed by atoms with van der Waals surface area (Å²) in [6.07, 6.45) is 0. The molecule has 0 aromatic heterocycles. The zero-order valence-electron chi connectivity index (χ0n) is 14.5. The fourth-order valence-electron chi connectivity index (χ4n) is 2.21. The summed E-state index contributed by atoms with van der Waals surface area (Å²) in [4.78, 5) is 18.3. The number of carbonyl (C=O) groups excluding carboxylic acids is 1. The number of hydrogen-bond acceptors (Lipinski definition) is 3. The third-order valence-electron chi connectivity index (χ3n) is 3.49. The van der Waals surface area contributed by atoms with Crippen LogP contribution in [0.5, 0.6) is 0 Å². The summed E-state index contributed by atoms with van der Waals surface area (Å²) < 4.78 is 5.03. The van der Waals surface area contributed by atoms with E-state index in [0.717, 1.165) is 5.56 Å². The van der Waals surface area contributed by atoms with Crippen molar-refractivity contribution in [2.45, 2.75) is 33.4 Å². The number of ether oxygens (including phenoxy) is 1. The quantitative estimate of drug-likeness (QED) is 0.563. The Hall–Kier alpha value is -2.08. The number of amides is 1. The van der Waals surface area contributed by atoms with Gasteiger partial charge in [-0.25, -0.2) is 4.99 Å². The molecule has 6 heteroatoms. The summed E-state index contributed by atoms with van der Waals surface area (Å²) in [5.74, 6) is 0.442. The van der Waals surface area contributed by atoms with Crippen LogP contribution in [0.25, 0.3) is 0 Å². The second kappa shape index (κ2) is 9.84. The van der Waals surface area contributed by atoms with Crippen molar-refractivity contribution < 1.29 is 9.53 Å². The van der Waals surface area contributed by atoms with Crippen LogP contribution >= 0.6 is 0 Å². The molecule has 3 N–H and O–H groups in total. The smallest absolute Gasteiger partial charge is 0.253 e. The maximum absolute atomic E-state index is 12.2. The van der Waals surface area contributed by atoms with E-state index in [9.17, 15) is 4.79 Å². The number of aliphatic imine (C=N–C) groups is 1. The Morgan fingerprint density at radius 3 is 2.43 bits per heavy atom. The highest BCUT2D eigenvalue weighted by Crippen LogP contribution is 2.08. The van der Waals surface area contributed by atoms with Crippen LogP contribution in [0, 0.1) is 0 Å². The van der Waals surface area contributed by atoms with Crippen molar-refractivity contribution in [2.24, 2.45) is 10.7 Å². The number of nitrogens with two attached hydrogens (primary N) is 1. The topological polar surface area (TPSA) is 80.0 Å². The molecule has 128 valence electrons. The lowest BCUT2D eigenvalue weighted by molar-refractivity contribution is 0.0773. The minimum atomic E-state index is 0.0552. The predicted octanol–water partition coefficient (Wildman–Crippen LogP) is 1.61. The Bertz CT molecular complexity index is 510. The molecule has 1 rings (SSSR count). The van der Waals surface area contributed by atoms with E-state index in [-0.39, 0.29) is 11.9 Å². The molecule has 23 heavy (non-hydrogen) atoms. The van der Waals surface area contributed by atoms with Crippen LogP contribution in [0.1, 0.15) is 36.7 Å². The number of methoxy groups -OCH3 is 1. The maximum Gasteiger partial charge on any atom is 0.253 e. The van der Waals surface area contributed by atoms with Crippen LogP contribution in [0.4, 0.5) is 0 Å². The van der Waals surface area contributed by atoms with E-state index in [1.54, 1.807) is 12.0 Å². The van der Waals surface area contributed by atoms with Crippen LogP contribution in [-0.4, -0.2) is 49.6 Å². The van der Waals surface area contributed by atoms with Crippen molar-refractivity contribution in [3.05, 3.63) is 35.4 Å². The van der Waals surface area contributed by atoms with Crippen molar-refractivity contribution in [3.63, 3.8) is 0 Å². The number of nitrogens with one attached hydrogen (secondary N) is 1. The molecular formula is C17H28N4O2. The fourth-order valence-corrected chi connectivity index (χ4v) is 2.21. The van der Waals surface area contributed by atoms with E-state index in [1.807, 2.05) is 45.0 Å². The molecule has 6 nitrogen and oxygen atoms in total. The van der Waals surface area contributed by atoms with Crippen LogP contribution in [0.3, 0.4) is 0 Å². The molecule has 0 spiro atoms. The lowest BCUT2D eigenvalue weighted by Crippen LogP contribution is -2.40. The second-order valence-corrected chi connectivity index (χ2v) is 5.38. The molecule has 0 heterocycles. The number of rotatable bonds is 8. The van der Waals surface area contributed by atoms with E-state index in [1.165, 1.54) is 0 Å². The van der Waals surface area contributed by atoms with Gasteiger partial charge < -0.3 is 20.7 Å². The molecule has 1 amide bonds. The summed E-state index contributed by atoms with van der Waals surface area (Å²) in [5.41, 5.74) is 7.53. The third-order valence-corrected chi connectivity index (χ3v) is 3.49. The monoisotopic (exact) mass is 320 g/mol. The molecule has 0 fully saturated rings. The van der Waals surface area contributed by atoms with Crippen LogP contribution in [0.15, 0.2) is 29.3 Å². The van der Waals surface area contributed by atoms with Gasteiger partial charge in [0.05, 0.1) is 13.2 Å². The average Bonchev–Trinajstić information content (AvgIpc) is 2.54. The van der Waals surface area contributed by atoms with Crippen molar-refractivity contribution in [2.75, 3.05) is 26.8 Å². The van der Waals surface area contributed by atoms with Gasteiger partial charge in [-0.05, 0) is 38.5 Å². The number of hydrogen-bond donors (Lipinski definition) is 2. The van der Waals surface area contributed by atoms with E-state index in [4.69, 9.17) is 10.5 Å². The molecule has 1 atom stereocenters. The van der Waals surface area contributed by atoms with Crippen molar-refractivity contribution in [1.29, 1.82) is 0 Å². The molecule has 0 aliphatic heterocycles. The maximum atomic E-state index is 12.2. The van der Waals surface area contributed by atoms with Crippen molar-refractivity contribution >= 4 is 11.9 Å². The van der Waals surface area contributed by atoms with Gasteiger partial charge in [-0.2, -0.15) is 0 Å². The van der Waals surface area contributed by atoms with Crippen molar-refractivity contribution in [3.8, 4) is 0 Å². The summed E-state index contributed by atoms with van der Waals surface area (Å²) >= 11 is 0. The van der Waals surface area contributed by atoms with Gasteiger partial charge in [0, 0.05) is 31.8 Å². The van der Waals surface area contributed by atoms with Gasteiger partial charge >= 0.3 is 0 Å². The first kappa shape index (κ1) is 19.0. The Balaban J connectivity index is 2.62. The minimum Gasteiger partial charge on any atom is -0.383 e. The van der Waals surface area contributed by atoms with E-state index < -0.39 is 0 Å². The number of carbonyl (C=O) groups is 1. The molecule has 1 aromatic rings. The zero-order chi connectivity index (χ0) is 17.2. The van der Waals surface area contributed by atoms with E-state index in [0.29, 0.717) is 37.8 Å². The SMILES string of the molecule is CCN(CC)C(=O)c1ccc(CN=C(N)NC(C)COC)cc1. The molecule has 0 saturated heterocycles. The number of benzene rings is 1. The normalized spacial score (nSPS) is 12.8. The van der Waals surface area contributed by atoms with Crippen LogP contribution in [0.2, 0.25) is 0 Å². The van der Waals surface area contributed by atoms with Crippen molar-refractivity contribution in [1.82, 2.24) is 10.2 Å². The Labute approximate surface area is 138 Å². The Morgan fingerprint density at radius 2 is 1.91 bits per heavy atom. The van der Waals surface area contributed by atoms with E-state index >= 15 is 0 Å². The van der Waals surface area contributed by atoms with Gasteiger partial charge in [0.15, 0.2) is 5.96 Å². The molecule has 0 radical (unpaired) electrons. The highest BCUT2D eigenvalue weighted by Gasteiger charge is 2.11. The van der Waals surface area contributed by atoms with Gasteiger partial charge in [0.2, 0.25) is 0 Å². The van der Waals surface area contributed by atoms with E-state index in [2.05, 4.69) is 10.3 Å². The van der Waals surface area contributed by atoms with Gasteiger partial charge in [-0.1, -0.05) is 12.1 Å². The lowest BCUT2D eigenvalue weighted by atomic mass is 10.1. The first-order valence-corrected chi connectivity index (χ1v) is 7.95. The first-order chi connectivity index (χ1) is 11.0. The summed E-state index contributed by atoms with van der Waals surface area (Å²) in [5, 5.41) is 3.05. The van der Waals surface area contributed by atoms with Gasteiger partial charge in [-0.15, -0.1) is 0 Å². The lowest BCUT2D eigenvalue weighted by Gasteiger charge is -2.18. The fraction of sp³-hybridized carbons (Fsp3) is 0.529. The number of guanidine groups is 1. The second-order valence-electron chi connectivity index (χ2n) is 5.38. The van der Waals surface area contributed by atoms with Crippen LogP contribution < -0.4 is 11.1 Å². The van der Waals surface area contributed by atoms with Crippen LogP contribution in [-0.2, 0) is 11.3 Å². The highest BCUT2D eigenvalue weighted by molar-refractivity contribution is 5.94. The highest BCUT2D eigenvalue weighted by atomic mass is 16.5. The molecular weight excluding hydrogens is 292 g/mol. The standard InChI is InChI=1S/C17H28N4O2/c1-5-21(6-2)16(22)15-9-7-14(8-10-15)11-19-17(18)20-13(3)12-23-4/h7-10,13H,5-6,11-12H2,1-4H3,(H3,18,19,20). The van der Waals surface area contributed by atoms with Gasteiger partial charge in [0.1, 0.15) is 0 Å². The summed E-state index contributed by atoms with van der Waals surface area (Å²) in [7, 11) is 1.65. The molecule has 0 aliphatic carbocycles. The minimum absolute atomic E-state index is 0.0552. The molecule has 1 aromatic carbocycles. The Kier molecular flexibility index (Phi) is 8.11.